The summed E-state index contributed by atoms with van der Waals surface area (Å²) < 4.78 is 83.5. The van der Waals surface area contributed by atoms with Gasteiger partial charge in [-0.05, 0) is 76.2 Å². The molecular formula is C55H42F2N8O8S. The molecule has 2 amide bonds. The van der Waals surface area contributed by atoms with E-state index in [0.717, 1.165) is 16.7 Å². The molecule has 4 heterocycles. The fourth-order valence-electron chi connectivity index (χ4n) is 8.88. The van der Waals surface area contributed by atoms with E-state index < -0.39 is 45.9 Å². The number of nitrogens with zero attached hydrogens (tertiary/aromatic N) is 6. The van der Waals surface area contributed by atoms with Crippen LogP contribution in [0.25, 0.3) is 49.5 Å². The number of aromatic nitrogens is 5. The van der Waals surface area contributed by atoms with Gasteiger partial charge >= 0.3 is 15.9 Å². The zero-order valence-corrected chi connectivity index (χ0v) is 40.1. The Morgan fingerprint density at radius 3 is 2.07 bits per heavy atom. The van der Waals surface area contributed by atoms with Gasteiger partial charge in [-0.1, -0.05) is 97.1 Å². The maximum absolute atomic E-state index is 16.4. The number of hydrogen-bond acceptors (Lipinski definition) is 10. The van der Waals surface area contributed by atoms with Gasteiger partial charge in [-0.3, -0.25) is 23.4 Å². The Morgan fingerprint density at radius 1 is 0.716 bits per heavy atom. The van der Waals surface area contributed by atoms with Crippen LogP contribution < -0.4 is 34.2 Å². The number of hydrogen-bond donors (Lipinski definition) is 2. The predicted octanol–water partition coefficient (Wildman–Crippen LogP) is 8.73. The molecule has 1 fully saturated rings. The number of aryl methyl sites for hydroxylation is 1. The zero-order valence-electron chi connectivity index (χ0n) is 39.2. The first kappa shape index (κ1) is 47.0. The summed E-state index contributed by atoms with van der Waals surface area (Å²) in [6.07, 6.45) is 1.52. The van der Waals surface area contributed by atoms with Crippen LogP contribution in [0.5, 0.6) is 17.5 Å². The molecule has 3 aromatic heterocycles. The number of carbonyl (C=O) groups excluding carboxylic acids is 2. The van der Waals surface area contributed by atoms with Crippen molar-refractivity contribution in [1.82, 2.24) is 28.6 Å². The molecule has 370 valence electrons. The number of amides is 2. The first-order valence-corrected chi connectivity index (χ1v) is 24.6. The summed E-state index contributed by atoms with van der Waals surface area (Å²) in [7, 11) is -2.77. The lowest BCUT2D eigenvalue weighted by atomic mass is 10.0. The van der Waals surface area contributed by atoms with E-state index in [1.165, 1.54) is 50.3 Å². The van der Waals surface area contributed by atoms with Gasteiger partial charge in [0, 0.05) is 41.2 Å². The molecule has 0 spiro atoms. The van der Waals surface area contributed by atoms with Crippen molar-refractivity contribution in [3.8, 4) is 34.3 Å². The molecule has 1 aliphatic heterocycles. The van der Waals surface area contributed by atoms with Gasteiger partial charge in [0.05, 0.1) is 22.7 Å². The molecular weight excluding hydrogens is 971 g/mol. The molecule has 0 saturated carbocycles. The minimum atomic E-state index is -4.40. The van der Waals surface area contributed by atoms with E-state index in [9.17, 15) is 22.8 Å². The third-order valence-electron chi connectivity index (χ3n) is 12.5. The number of fused-ring (bicyclic) bond motifs is 3. The van der Waals surface area contributed by atoms with Gasteiger partial charge in [-0.15, -0.1) is 0 Å². The molecule has 0 radical (unpaired) electrons. The molecule has 74 heavy (non-hydrogen) atoms. The smallest absolute Gasteiger partial charge is 0.333 e. The van der Waals surface area contributed by atoms with Crippen LogP contribution in [-0.2, 0) is 53.2 Å². The summed E-state index contributed by atoms with van der Waals surface area (Å²) in [5, 5.41) is 7.99. The lowest BCUT2D eigenvalue weighted by Gasteiger charge is -2.21. The maximum Gasteiger partial charge on any atom is 0.333 e. The van der Waals surface area contributed by atoms with Crippen molar-refractivity contribution in [2.24, 2.45) is 7.05 Å². The minimum absolute atomic E-state index is 0.00835. The summed E-state index contributed by atoms with van der Waals surface area (Å²) in [6.45, 7) is -0.546. The Bertz CT molecular complexity index is 4000. The van der Waals surface area contributed by atoms with Gasteiger partial charge in [-0.2, -0.15) is 18.5 Å². The molecule has 0 atom stereocenters. The van der Waals surface area contributed by atoms with E-state index in [2.05, 4.69) is 10.4 Å². The van der Waals surface area contributed by atoms with E-state index in [4.69, 9.17) is 19.2 Å². The lowest BCUT2D eigenvalue weighted by Crippen LogP contribution is -2.30. The average Bonchev–Trinajstić information content (AvgIpc) is 4.01. The van der Waals surface area contributed by atoms with Gasteiger partial charge < -0.3 is 19.5 Å². The Hall–Kier alpha value is -9.36. The van der Waals surface area contributed by atoms with Gasteiger partial charge in [0.25, 0.3) is 5.91 Å². The van der Waals surface area contributed by atoms with Crippen LogP contribution >= 0.6 is 0 Å². The number of halogens is 2. The van der Waals surface area contributed by atoms with E-state index in [0.29, 0.717) is 43.4 Å². The number of ether oxygens (including phenoxy) is 3. The largest absolute Gasteiger partial charge is 0.487 e. The normalized spacial score (nSPS) is 13.1. The molecule has 0 aliphatic carbocycles. The quantitative estimate of drug-likeness (QED) is 0.101. The second kappa shape index (κ2) is 19.3. The van der Waals surface area contributed by atoms with Crippen LogP contribution in [0.4, 0.5) is 20.2 Å². The minimum Gasteiger partial charge on any atom is -0.487 e. The summed E-state index contributed by atoms with van der Waals surface area (Å²) in [5.41, 5.74) is 4.52. The van der Waals surface area contributed by atoms with Gasteiger partial charge in [0.15, 0.2) is 5.82 Å². The first-order valence-electron chi connectivity index (χ1n) is 23.1. The molecule has 1 saturated heterocycles. The molecule has 0 bridgehead atoms. The average molecular weight is 1010 g/mol. The van der Waals surface area contributed by atoms with Gasteiger partial charge in [-0.25, -0.2) is 22.6 Å². The fourth-order valence-corrected chi connectivity index (χ4v) is 10.0. The highest BCUT2D eigenvalue weighted by Crippen LogP contribution is 2.41. The third kappa shape index (κ3) is 9.22. The number of carbonyl (C=O) groups is 2. The third-order valence-corrected chi connectivity index (χ3v) is 13.9. The topological polar surface area (TPSA) is 181 Å². The summed E-state index contributed by atoms with van der Waals surface area (Å²) in [4.78, 5) is 44.5. The van der Waals surface area contributed by atoms with Gasteiger partial charge in [0.2, 0.25) is 17.7 Å². The standard InChI is InChI=1S/C55H42F2N8O8S/c1-62-47-25-37(17-20-44(47)65(55(62)68)45-21-22-51(72-32-35-13-7-3-8-14-35)60-54(45)73-33-36-15-9-4-10-16-36)42-24-39-28-58-63(46(39)27-43(42)56)29-49(66)59-40-18-19-41-38(23-40)26-48(71-31-34-11-5-2-6-12-34)53(52(41)57)64-30-50(67)61-74(64,69)70/h2-28H,29-33H2,1H3,(H,59,66)(H,61,67). The number of imidazole rings is 1. The Morgan fingerprint density at radius 2 is 1.39 bits per heavy atom. The van der Waals surface area contributed by atoms with Crippen molar-refractivity contribution in [2.75, 3.05) is 16.2 Å². The SMILES string of the molecule is Cn1c(=O)n(-c2ccc(OCc3ccccc3)nc2OCc2ccccc2)c2ccc(-c3cc4cnn(CC(=O)Nc5ccc6c(F)c(N7CC(=O)NS7(=O)=O)c(OCc7ccccc7)cc6c5)c4cc3F)cc21. The van der Waals surface area contributed by atoms with Crippen LogP contribution in [0.3, 0.4) is 0 Å². The monoisotopic (exact) mass is 1010 g/mol. The number of benzene rings is 7. The second-order valence-corrected chi connectivity index (χ2v) is 19.0. The second-order valence-electron chi connectivity index (χ2n) is 17.4. The number of pyridine rings is 1. The van der Waals surface area contributed by atoms with Crippen LogP contribution in [0.15, 0.2) is 169 Å². The van der Waals surface area contributed by atoms with Crippen molar-refractivity contribution >= 4 is 66.1 Å². The van der Waals surface area contributed by atoms with Crippen LogP contribution in [0.1, 0.15) is 16.7 Å². The molecule has 7 aromatic carbocycles. The first-order chi connectivity index (χ1) is 35.9. The highest BCUT2D eigenvalue weighted by Gasteiger charge is 2.38. The van der Waals surface area contributed by atoms with E-state index in [1.54, 1.807) is 67.7 Å². The Kier molecular flexibility index (Phi) is 12.3. The fraction of sp³-hybridized carbons (Fsp3) is 0.109. The van der Waals surface area contributed by atoms with Crippen molar-refractivity contribution in [3.05, 3.63) is 203 Å². The Labute approximate surface area is 420 Å². The molecule has 16 nitrogen and oxygen atoms in total. The van der Waals surface area contributed by atoms with Crippen molar-refractivity contribution < 1.29 is 41.0 Å². The Balaban J connectivity index is 0.845. The van der Waals surface area contributed by atoms with Crippen molar-refractivity contribution in [2.45, 2.75) is 26.4 Å². The summed E-state index contributed by atoms with van der Waals surface area (Å²) in [6, 6.07) is 45.5. The van der Waals surface area contributed by atoms with E-state index in [-0.39, 0.29) is 65.7 Å². The molecule has 19 heteroatoms. The van der Waals surface area contributed by atoms with Crippen molar-refractivity contribution in [3.63, 3.8) is 0 Å². The summed E-state index contributed by atoms with van der Waals surface area (Å²) >= 11 is 0. The molecule has 11 rings (SSSR count). The molecule has 0 unspecified atom stereocenters. The van der Waals surface area contributed by atoms with E-state index in [1.807, 2.05) is 71.5 Å². The predicted molar refractivity (Wildman–Crippen MR) is 274 cm³/mol. The van der Waals surface area contributed by atoms with Crippen LogP contribution in [-0.4, -0.2) is 50.7 Å². The van der Waals surface area contributed by atoms with Crippen molar-refractivity contribution in [1.29, 1.82) is 0 Å². The van der Waals surface area contributed by atoms with Gasteiger partial charge in [0.1, 0.15) is 55.9 Å². The molecule has 1 aliphatic rings. The maximum atomic E-state index is 16.4. The number of nitrogens with one attached hydrogen (secondary N) is 2. The van der Waals surface area contributed by atoms with E-state index >= 15 is 8.78 Å². The number of anilines is 2. The molecule has 10 aromatic rings. The lowest BCUT2D eigenvalue weighted by molar-refractivity contribution is -0.117. The zero-order chi connectivity index (χ0) is 51.1. The van der Waals surface area contributed by atoms with Crippen LogP contribution in [0, 0.1) is 11.6 Å². The summed E-state index contributed by atoms with van der Waals surface area (Å²) in [5.74, 6) is -2.55. The molecule has 2 N–H and O–H groups in total. The highest BCUT2D eigenvalue weighted by atomic mass is 32.2. The highest BCUT2D eigenvalue weighted by molar-refractivity contribution is 7.92. The van der Waals surface area contributed by atoms with Crippen LogP contribution in [0.2, 0.25) is 0 Å². The number of rotatable bonds is 15.